The lowest BCUT2D eigenvalue weighted by Crippen LogP contribution is -2.01. The van der Waals surface area contributed by atoms with Gasteiger partial charge in [0.25, 0.3) is 0 Å². The Kier molecular flexibility index (Phi) is 42.2. The van der Waals surface area contributed by atoms with Crippen molar-refractivity contribution in [2.24, 2.45) is 0 Å². The van der Waals surface area contributed by atoms with E-state index in [4.69, 9.17) is 9.47 Å². The molecule has 2 aromatic carbocycles. The van der Waals surface area contributed by atoms with Crippen molar-refractivity contribution in [1.82, 2.24) is 0 Å². The summed E-state index contributed by atoms with van der Waals surface area (Å²) in [5, 5.41) is 0. The number of carbonyl (C=O) groups is 1. The van der Waals surface area contributed by atoms with E-state index in [1.807, 2.05) is 36.0 Å². The fraction of sp³-hybridized carbons (Fsp3) is 0.758. The molecule has 0 atom stereocenters. The third-order valence-corrected chi connectivity index (χ3v) is 14.7. The molecule has 0 N–H and O–H groups in total. The zero-order chi connectivity index (χ0) is 47.1. The van der Waals surface area contributed by atoms with Gasteiger partial charge < -0.3 is 9.47 Å². The van der Waals surface area contributed by atoms with Gasteiger partial charge in [-0.25, -0.2) is 0 Å². The molecule has 0 spiro atoms. The Labute approximate surface area is 415 Å². The normalized spacial score (nSPS) is 11.6. The molecule has 0 aromatic heterocycles. The van der Waals surface area contributed by atoms with E-state index in [1.165, 1.54) is 249 Å². The molecular formula is C62H106O3S. The highest BCUT2D eigenvalue weighted by atomic mass is 32.2. The third-order valence-electron chi connectivity index (χ3n) is 13.5. The van der Waals surface area contributed by atoms with E-state index >= 15 is 0 Å². The number of ketones is 1. The van der Waals surface area contributed by atoms with Crippen LogP contribution in [-0.2, 0) is 0 Å². The van der Waals surface area contributed by atoms with Crippen molar-refractivity contribution in [2.75, 3.05) is 19.0 Å². The van der Waals surface area contributed by atoms with Crippen LogP contribution in [-0.4, -0.2) is 24.7 Å². The molecule has 0 fully saturated rings. The number of hydrogen-bond donors (Lipinski definition) is 0. The minimum absolute atomic E-state index is 0.0181. The summed E-state index contributed by atoms with van der Waals surface area (Å²) in [5.41, 5.74) is 1.66. The van der Waals surface area contributed by atoms with E-state index in [-0.39, 0.29) is 5.78 Å². The Morgan fingerprint density at radius 1 is 0.394 bits per heavy atom. The fourth-order valence-electron chi connectivity index (χ4n) is 9.15. The van der Waals surface area contributed by atoms with Crippen molar-refractivity contribution in [3.63, 3.8) is 0 Å². The van der Waals surface area contributed by atoms with E-state index in [1.54, 1.807) is 6.08 Å². The van der Waals surface area contributed by atoms with Crippen molar-refractivity contribution in [1.29, 1.82) is 0 Å². The van der Waals surface area contributed by atoms with Gasteiger partial charge in [-0.3, -0.25) is 4.79 Å². The molecule has 378 valence electrons. The van der Waals surface area contributed by atoms with Crippen LogP contribution in [0, 0.1) is 0 Å². The van der Waals surface area contributed by atoms with Crippen molar-refractivity contribution < 1.29 is 14.3 Å². The van der Waals surface area contributed by atoms with Gasteiger partial charge in [0, 0.05) is 16.5 Å². The zero-order valence-electron chi connectivity index (χ0n) is 43.9. The van der Waals surface area contributed by atoms with Gasteiger partial charge in [-0.1, -0.05) is 271 Å². The summed E-state index contributed by atoms with van der Waals surface area (Å²) < 4.78 is 12.6. The van der Waals surface area contributed by atoms with Gasteiger partial charge in [0.15, 0.2) is 5.78 Å². The molecule has 0 amide bonds. The lowest BCUT2D eigenvalue weighted by molar-refractivity contribution is 0.104. The number of thioether (sulfide) groups is 1. The second kappa shape index (κ2) is 46.5. The molecule has 0 bridgehead atoms. The monoisotopic (exact) mass is 931 g/mol. The maximum Gasteiger partial charge on any atom is 0.185 e. The predicted molar refractivity (Wildman–Crippen MR) is 294 cm³/mol. The highest BCUT2D eigenvalue weighted by molar-refractivity contribution is 7.99. The quantitative estimate of drug-likeness (QED) is 0.0287. The SMILES string of the molecule is CCCCCCCCCCCCCCCCCCCCCCOc1cc(C=CC(=O)c2ccc(SCCC)cc2)cc(OCCCCCCCCCCCCCCCCCCCCCC)c1. The van der Waals surface area contributed by atoms with Crippen LogP contribution in [0.2, 0.25) is 0 Å². The topological polar surface area (TPSA) is 35.5 Å². The summed E-state index contributed by atoms with van der Waals surface area (Å²) >= 11 is 1.84. The number of allylic oxidation sites excluding steroid dienone is 1. The summed E-state index contributed by atoms with van der Waals surface area (Å²) in [4.78, 5) is 14.3. The van der Waals surface area contributed by atoms with Crippen molar-refractivity contribution in [3.8, 4) is 11.5 Å². The fourth-order valence-corrected chi connectivity index (χ4v) is 9.92. The van der Waals surface area contributed by atoms with Crippen molar-refractivity contribution in [2.45, 2.75) is 289 Å². The van der Waals surface area contributed by atoms with Crippen LogP contribution in [0.15, 0.2) is 53.4 Å². The highest BCUT2D eigenvalue weighted by Crippen LogP contribution is 2.26. The Morgan fingerprint density at radius 3 is 1.00 bits per heavy atom. The molecule has 66 heavy (non-hydrogen) atoms. The molecule has 3 nitrogen and oxygen atoms in total. The van der Waals surface area contributed by atoms with Gasteiger partial charge in [-0.15, -0.1) is 11.8 Å². The van der Waals surface area contributed by atoms with Crippen molar-refractivity contribution >= 4 is 23.6 Å². The summed E-state index contributed by atoms with van der Waals surface area (Å²) in [6.45, 7) is 8.22. The number of benzene rings is 2. The Bertz CT molecular complexity index is 1300. The summed E-state index contributed by atoms with van der Waals surface area (Å²) in [6, 6.07) is 14.2. The smallest absolute Gasteiger partial charge is 0.185 e. The lowest BCUT2D eigenvalue weighted by Gasteiger charge is -2.12. The van der Waals surface area contributed by atoms with Gasteiger partial charge in [0.1, 0.15) is 11.5 Å². The molecule has 0 saturated heterocycles. The minimum Gasteiger partial charge on any atom is -0.493 e. The number of carbonyl (C=O) groups excluding carboxylic acids is 1. The van der Waals surface area contributed by atoms with Crippen LogP contribution >= 0.6 is 11.8 Å². The molecule has 2 aromatic rings. The highest BCUT2D eigenvalue weighted by Gasteiger charge is 2.07. The molecular weight excluding hydrogens is 825 g/mol. The van der Waals surface area contributed by atoms with E-state index in [9.17, 15) is 4.79 Å². The van der Waals surface area contributed by atoms with Crippen LogP contribution in [0.25, 0.3) is 6.08 Å². The number of hydrogen-bond acceptors (Lipinski definition) is 4. The van der Waals surface area contributed by atoms with E-state index in [2.05, 4.69) is 45.0 Å². The first-order valence-electron chi connectivity index (χ1n) is 29.0. The molecule has 4 heteroatoms. The van der Waals surface area contributed by atoms with E-state index < -0.39 is 0 Å². The zero-order valence-corrected chi connectivity index (χ0v) is 44.8. The second-order valence-electron chi connectivity index (χ2n) is 19.9. The van der Waals surface area contributed by atoms with Gasteiger partial charge in [-0.05, 0) is 73.1 Å². The Morgan fingerprint density at radius 2 is 0.697 bits per heavy atom. The summed E-state index contributed by atoms with van der Waals surface area (Å²) in [7, 11) is 0. The second-order valence-corrected chi connectivity index (χ2v) is 21.1. The van der Waals surface area contributed by atoms with E-state index in [0.29, 0.717) is 13.2 Å². The molecule has 0 saturated carbocycles. The standard InChI is InChI=1S/C62H106O3S/c1-4-7-9-11-13-15-17-19-21-23-25-27-29-31-33-35-37-39-41-43-51-64-59-54-57(45-50-62(63)58-46-48-61(49-47-58)66-53-6-3)55-60(56-59)65-52-44-42-40-38-36-34-32-30-28-26-24-22-20-18-16-14-12-10-8-5-2/h45-50,54-56H,4-44,51-53H2,1-3H3. The molecule has 0 aliphatic rings. The average molecular weight is 932 g/mol. The Balaban J connectivity index is 1.61. The van der Waals surface area contributed by atoms with Gasteiger partial charge in [-0.2, -0.15) is 0 Å². The lowest BCUT2D eigenvalue weighted by atomic mass is 10.0. The largest absolute Gasteiger partial charge is 0.493 e. The van der Waals surface area contributed by atoms with Crippen LogP contribution in [0.5, 0.6) is 11.5 Å². The van der Waals surface area contributed by atoms with Crippen LogP contribution in [0.1, 0.15) is 300 Å². The first kappa shape index (κ1) is 59.9. The van der Waals surface area contributed by atoms with Crippen molar-refractivity contribution in [3.05, 3.63) is 59.7 Å². The first-order valence-corrected chi connectivity index (χ1v) is 30.0. The number of unbranched alkanes of at least 4 members (excludes halogenated alkanes) is 38. The van der Waals surface area contributed by atoms with Gasteiger partial charge in [0.05, 0.1) is 13.2 Å². The van der Waals surface area contributed by atoms with Gasteiger partial charge in [0.2, 0.25) is 0 Å². The van der Waals surface area contributed by atoms with Crippen LogP contribution in [0.3, 0.4) is 0 Å². The molecule has 2 rings (SSSR count). The molecule has 0 aliphatic heterocycles. The Hall–Kier alpha value is -2.20. The minimum atomic E-state index is 0.0181. The molecule has 0 unspecified atom stereocenters. The van der Waals surface area contributed by atoms with Crippen LogP contribution < -0.4 is 9.47 Å². The molecule has 0 radical (unpaired) electrons. The average Bonchev–Trinajstić information content (AvgIpc) is 3.33. The number of rotatable bonds is 50. The maximum absolute atomic E-state index is 13.1. The first-order chi connectivity index (χ1) is 32.7. The summed E-state index contributed by atoms with van der Waals surface area (Å²) in [5.74, 6) is 2.77. The van der Waals surface area contributed by atoms with Crippen LogP contribution in [0.4, 0.5) is 0 Å². The third kappa shape index (κ3) is 36.8. The predicted octanol–water partition coefficient (Wildman–Crippen LogP) is 21.5. The molecule has 0 heterocycles. The molecule has 0 aliphatic carbocycles. The summed E-state index contributed by atoms with van der Waals surface area (Å²) in [6.07, 6.45) is 60.3. The van der Waals surface area contributed by atoms with E-state index in [0.717, 1.165) is 47.6 Å². The van der Waals surface area contributed by atoms with Gasteiger partial charge >= 0.3 is 0 Å². The maximum atomic E-state index is 13.1. The number of ether oxygens (including phenoxy) is 2.